The molecule has 1 aliphatic rings. The van der Waals surface area contributed by atoms with E-state index in [2.05, 4.69) is 23.9 Å². The predicted molar refractivity (Wildman–Crippen MR) is 105 cm³/mol. The van der Waals surface area contributed by atoms with Crippen molar-refractivity contribution in [2.45, 2.75) is 47.6 Å². The zero-order valence-corrected chi connectivity index (χ0v) is 17.1. The molecular weight excluding hydrogens is 342 g/mol. The number of hydrogen-bond acceptors (Lipinski definition) is 4. The molecule has 0 radical (unpaired) electrons. The number of fused-ring (bicyclic) bond motifs is 1. The molecule has 7 heteroatoms. The van der Waals surface area contributed by atoms with Crippen LogP contribution < -0.4 is 0 Å². The summed E-state index contributed by atoms with van der Waals surface area (Å²) in [5.74, 6) is 0.108. The Hall–Kier alpha value is -2.44. The first-order chi connectivity index (χ1) is 12.6. The second-order valence-corrected chi connectivity index (χ2v) is 8.55. The second-order valence-electron chi connectivity index (χ2n) is 8.55. The van der Waals surface area contributed by atoms with Crippen LogP contribution in [0.1, 0.15) is 56.7 Å². The number of carbonyl (C=O) groups excluding carboxylic acids is 2. The third kappa shape index (κ3) is 3.68. The molecule has 0 aromatic carbocycles. The van der Waals surface area contributed by atoms with Gasteiger partial charge in [0.25, 0.3) is 5.91 Å². The van der Waals surface area contributed by atoms with Crippen molar-refractivity contribution in [1.82, 2.24) is 24.6 Å². The van der Waals surface area contributed by atoms with E-state index in [-0.39, 0.29) is 17.9 Å². The third-order valence-corrected chi connectivity index (χ3v) is 4.97. The molecule has 1 aliphatic heterocycles. The fraction of sp³-hybridized carbons (Fsp3) is 0.600. The molecule has 3 heterocycles. The van der Waals surface area contributed by atoms with Crippen LogP contribution in [0.5, 0.6) is 0 Å². The highest BCUT2D eigenvalue weighted by atomic mass is 16.2. The zero-order valence-electron chi connectivity index (χ0n) is 17.1. The summed E-state index contributed by atoms with van der Waals surface area (Å²) < 4.78 is 1.87. The fourth-order valence-corrected chi connectivity index (χ4v) is 3.42. The van der Waals surface area contributed by atoms with Crippen molar-refractivity contribution in [3.8, 4) is 0 Å². The number of piperazine rings is 1. The third-order valence-electron chi connectivity index (χ3n) is 4.97. The Bertz CT molecular complexity index is 870. The van der Waals surface area contributed by atoms with E-state index in [1.165, 1.54) is 0 Å². The topological polar surface area (TPSA) is 71.3 Å². The van der Waals surface area contributed by atoms with Gasteiger partial charge >= 0.3 is 0 Å². The first-order valence-corrected chi connectivity index (χ1v) is 9.53. The maximum Gasteiger partial charge on any atom is 0.255 e. The summed E-state index contributed by atoms with van der Waals surface area (Å²) in [4.78, 5) is 33.8. The summed E-state index contributed by atoms with van der Waals surface area (Å²) in [6, 6.07) is 2.10. The summed E-state index contributed by atoms with van der Waals surface area (Å²) in [5, 5.41) is 5.26. The van der Waals surface area contributed by atoms with Gasteiger partial charge in [0, 0.05) is 43.0 Å². The molecule has 0 saturated carbocycles. The zero-order chi connectivity index (χ0) is 19.9. The molecule has 2 amide bonds. The van der Waals surface area contributed by atoms with Crippen molar-refractivity contribution in [3.63, 3.8) is 0 Å². The SMILES string of the molecule is Cc1nc2c(cnn2C(C)C)cc1C(=O)N1CCN(C(=O)C(C)(C)C)CC1. The van der Waals surface area contributed by atoms with Gasteiger partial charge in [-0.2, -0.15) is 5.10 Å². The Labute approximate surface area is 160 Å². The molecule has 2 aromatic heterocycles. The summed E-state index contributed by atoms with van der Waals surface area (Å²) >= 11 is 0. The van der Waals surface area contributed by atoms with Crippen LogP contribution in [0.2, 0.25) is 0 Å². The molecule has 3 rings (SSSR count). The predicted octanol–water partition coefficient (Wildman–Crippen LogP) is 2.65. The van der Waals surface area contributed by atoms with Gasteiger partial charge in [0.05, 0.1) is 17.5 Å². The number of hydrogen-bond donors (Lipinski definition) is 0. The monoisotopic (exact) mass is 371 g/mol. The molecular formula is C20H29N5O2. The van der Waals surface area contributed by atoms with Gasteiger partial charge in [0.2, 0.25) is 5.91 Å². The van der Waals surface area contributed by atoms with E-state index in [1.807, 2.05) is 48.2 Å². The highest BCUT2D eigenvalue weighted by molar-refractivity contribution is 5.98. The minimum absolute atomic E-state index is 0.0259. The highest BCUT2D eigenvalue weighted by Gasteiger charge is 2.31. The first-order valence-electron chi connectivity index (χ1n) is 9.53. The van der Waals surface area contributed by atoms with Gasteiger partial charge in [-0.15, -0.1) is 0 Å². The molecule has 1 saturated heterocycles. The van der Waals surface area contributed by atoms with Gasteiger partial charge in [-0.25, -0.2) is 9.67 Å². The molecule has 0 N–H and O–H groups in total. The lowest BCUT2D eigenvalue weighted by atomic mass is 9.94. The first kappa shape index (κ1) is 19.3. The van der Waals surface area contributed by atoms with Crippen molar-refractivity contribution >= 4 is 22.8 Å². The maximum absolute atomic E-state index is 13.0. The van der Waals surface area contributed by atoms with E-state index >= 15 is 0 Å². The molecule has 0 atom stereocenters. The number of pyridine rings is 1. The van der Waals surface area contributed by atoms with E-state index in [9.17, 15) is 9.59 Å². The van der Waals surface area contributed by atoms with E-state index in [0.717, 1.165) is 11.0 Å². The maximum atomic E-state index is 13.0. The normalized spacial score (nSPS) is 15.7. The van der Waals surface area contributed by atoms with E-state index in [1.54, 1.807) is 6.20 Å². The summed E-state index contributed by atoms with van der Waals surface area (Å²) in [7, 11) is 0. The molecule has 146 valence electrons. The number of aryl methyl sites for hydroxylation is 1. The van der Waals surface area contributed by atoms with E-state index in [4.69, 9.17) is 0 Å². The van der Waals surface area contributed by atoms with Gasteiger partial charge in [0.15, 0.2) is 5.65 Å². The lowest BCUT2D eigenvalue weighted by Crippen LogP contribution is -2.53. The van der Waals surface area contributed by atoms with Crippen LogP contribution >= 0.6 is 0 Å². The largest absolute Gasteiger partial charge is 0.339 e. The second kappa shape index (κ2) is 6.94. The Morgan fingerprint density at radius 2 is 1.67 bits per heavy atom. The van der Waals surface area contributed by atoms with Crippen molar-refractivity contribution in [2.24, 2.45) is 5.41 Å². The van der Waals surface area contributed by atoms with Gasteiger partial charge in [-0.3, -0.25) is 9.59 Å². The lowest BCUT2D eigenvalue weighted by Gasteiger charge is -2.37. The number of nitrogens with zero attached hydrogens (tertiary/aromatic N) is 5. The quantitative estimate of drug-likeness (QED) is 0.814. The van der Waals surface area contributed by atoms with Gasteiger partial charge in [0.1, 0.15) is 0 Å². The Morgan fingerprint density at radius 1 is 1.07 bits per heavy atom. The number of aromatic nitrogens is 3. The standard InChI is InChI=1S/C20H29N5O2/c1-13(2)25-17-15(12-21-25)11-16(14(3)22-17)18(26)23-7-9-24(10-8-23)19(27)20(4,5)6/h11-13H,7-10H2,1-6H3. The van der Waals surface area contributed by atoms with Crippen LogP contribution in [0.25, 0.3) is 11.0 Å². The molecule has 1 fully saturated rings. The molecule has 2 aromatic rings. The van der Waals surface area contributed by atoms with Crippen LogP contribution in [0.15, 0.2) is 12.3 Å². The molecule has 0 unspecified atom stereocenters. The van der Waals surface area contributed by atoms with Gasteiger partial charge in [-0.05, 0) is 26.8 Å². The number of amides is 2. The lowest BCUT2D eigenvalue weighted by molar-refractivity contribution is -0.140. The number of rotatable bonds is 2. The van der Waals surface area contributed by atoms with Gasteiger partial charge in [-0.1, -0.05) is 20.8 Å². The molecule has 0 spiro atoms. The van der Waals surface area contributed by atoms with Gasteiger partial charge < -0.3 is 9.80 Å². The molecule has 0 bridgehead atoms. The Morgan fingerprint density at radius 3 is 2.22 bits per heavy atom. The fourth-order valence-electron chi connectivity index (χ4n) is 3.42. The van der Waals surface area contributed by atoms with E-state index in [0.29, 0.717) is 37.4 Å². The molecule has 7 nitrogen and oxygen atoms in total. The van der Waals surface area contributed by atoms with Crippen LogP contribution in [0.3, 0.4) is 0 Å². The van der Waals surface area contributed by atoms with Crippen molar-refractivity contribution in [3.05, 3.63) is 23.5 Å². The summed E-state index contributed by atoms with van der Waals surface area (Å²) in [5.41, 5.74) is 1.73. The average molecular weight is 371 g/mol. The summed E-state index contributed by atoms with van der Waals surface area (Å²) in [6.45, 7) is 14.0. The van der Waals surface area contributed by atoms with Crippen molar-refractivity contribution < 1.29 is 9.59 Å². The van der Waals surface area contributed by atoms with Crippen LogP contribution in [-0.4, -0.2) is 62.6 Å². The van der Waals surface area contributed by atoms with Crippen LogP contribution in [-0.2, 0) is 4.79 Å². The Kier molecular flexibility index (Phi) is 4.97. The minimum Gasteiger partial charge on any atom is -0.339 e. The minimum atomic E-state index is -0.395. The van der Waals surface area contributed by atoms with Crippen LogP contribution in [0.4, 0.5) is 0 Å². The van der Waals surface area contributed by atoms with E-state index < -0.39 is 5.41 Å². The average Bonchev–Trinajstić information content (AvgIpc) is 3.02. The number of carbonyl (C=O) groups is 2. The van der Waals surface area contributed by atoms with Crippen LogP contribution in [0, 0.1) is 12.3 Å². The smallest absolute Gasteiger partial charge is 0.255 e. The Balaban J connectivity index is 1.77. The van der Waals surface area contributed by atoms with Crippen molar-refractivity contribution in [1.29, 1.82) is 0 Å². The summed E-state index contributed by atoms with van der Waals surface area (Å²) in [6.07, 6.45) is 1.76. The highest BCUT2D eigenvalue weighted by Crippen LogP contribution is 2.22. The molecule has 27 heavy (non-hydrogen) atoms. The molecule has 0 aliphatic carbocycles. The van der Waals surface area contributed by atoms with Crippen molar-refractivity contribution in [2.75, 3.05) is 26.2 Å².